The summed E-state index contributed by atoms with van der Waals surface area (Å²) in [6, 6.07) is 9.16. The second-order valence-electron chi connectivity index (χ2n) is 5.26. The fourth-order valence-corrected chi connectivity index (χ4v) is 4.19. The summed E-state index contributed by atoms with van der Waals surface area (Å²) in [5, 5.41) is 4.26. The molecule has 108 valence electrons. The zero-order valence-corrected chi connectivity index (χ0v) is 12.1. The monoisotopic (exact) mass is 302 g/mol. The molecule has 0 aliphatic carbocycles. The number of nitrogens with zero attached hydrogens (tertiary/aromatic N) is 4. The molecule has 1 atom stereocenters. The van der Waals surface area contributed by atoms with Crippen LogP contribution in [0.2, 0.25) is 0 Å². The Bertz CT molecular complexity index is 811. The first kappa shape index (κ1) is 12.6. The molecule has 6 nitrogen and oxygen atoms in total. The Kier molecular flexibility index (Phi) is 2.65. The molecule has 1 aromatic carbocycles. The fraction of sp³-hybridized carbons (Fsp3) is 0.286. The number of hydrogen-bond acceptors (Lipinski definition) is 4. The lowest BCUT2D eigenvalue weighted by Gasteiger charge is -2.18. The maximum absolute atomic E-state index is 12.1. The maximum atomic E-state index is 12.1. The van der Waals surface area contributed by atoms with Gasteiger partial charge in [-0.3, -0.25) is 4.68 Å². The van der Waals surface area contributed by atoms with Crippen LogP contribution in [0.5, 0.6) is 0 Å². The van der Waals surface area contributed by atoms with Gasteiger partial charge < -0.3 is 4.90 Å². The van der Waals surface area contributed by atoms with Crippen molar-refractivity contribution >= 4 is 15.9 Å². The average molecular weight is 302 g/mol. The maximum Gasteiger partial charge on any atom is 0.285 e. The topological polar surface area (TPSA) is 67.6 Å². The van der Waals surface area contributed by atoms with Crippen LogP contribution in [0.3, 0.4) is 0 Å². The van der Waals surface area contributed by atoms with Gasteiger partial charge >= 0.3 is 0 Å². The number of aromatic nitrogens is 2. The molecule has 7 heteroatoms. The van der Waals surface area contributed by atoms with Crippen molar-refractivity contribution in [2.45, 2.75) is 17.4 Å². The van der Waals surface area contributed by atoms with Crippen molar-refractivity contribution in [2.24, 2.45) is 4.40 Å². The quantitative estimate of drug-likeness (QED) is 0.796. The molecule has 1 aromatic heterocycles. The summed E-state index contributed by atoms with van der Waals surface area (Å²) in [5.41, 5.74) is 0.707. The van der Waals surface area contributed by atoms with E-state index >= 15 is 0 Å². The summed E-state index contributed by atoms with van der Waals surface area (Å²) in [6.45, 7) is 1.51. The zero-order valence-electron chi connectivity index (χ0n) is 11.3. The van der Waals surface area contributed by atoms with E-state index in [1.54, 1.807) is 18.3 Å². The number of benzene rings is 1. The lowest BCUT2D eigenvalue weighted by molar-refractivity contribution is 0.443. The van der Waals surface area contributed by atoms with E-state index in [0.29, 0.717) is 16.3 Å². The van der Waals surface area contributed by atoms with Gasteiger partial charge in [-0.25, -0.2) is 0 Å². The van der Waals surface area contributed by atoms with Crippen LogP contribution in [-0.4, -0.2) is 42.0 Å². The number of rotatable bonds is 1. The van der Waals surface area contributed by atoms with Crippen LogP contribution in [0.25, 0.3) is 0 Å². The van der Waals surface area contributed by atoms with Crippen molar-refractivity contribution in [3.63, 3.8) is 0 Å². The Morgan fingerprint density at radius 2 is 2.05 bits per heavy atom. The van der Waals surface area contributed by atoms with E-state index in [-0.39, 0.29) is 6.04 Å². The molecule has 1 unspecified atom stereocenters. The largest absolute Gasteiger partial charge is 0.353 e. The van der Waals surface area contributed by atoms with E-state index in [1.165, 1.54) is 0 Å². The third kappa shape index (κ3) is 1.96. The molecule has 0 amide bonds. The lowest BCUT2D eigenvalue weighted by Crippen LogP contribution is -2.29. The van der Waals surface area contributed by atoms with E-state index in [0.717, 1.165) is 19.5 Å². The van der Waals surface area contributed by atoms with Gasteiger partial charge in [0.1, 0.15) is 4.90 Å². The first-order valence-corrected chi connectivity index (χ1v) is 8.27. The van der Waals surface area contributed by atoms with Crippen LogP contribution in [0.1, 0.15) is 18.0 Å². The Morgan fingerprint density at radius 1 is 1.19 bits per heavy atom. The molecule has 1 saturated heterocycles. The SMILES string of the molecule is O=S1(=O)N=C(N2CCC(n3cccn3)C2)c2ccccc21. The smallest absolute Gasteiger partial charge is 0.285 e. The van der Waals surface area contributed by atoms with E-state index in [9.17, 15) is 8.42 Å². The molecular formula is C14H14N4O2S. The number of sulfonamides is 1. The highest BCUT2D eigenvalue weighted by Crippen LogP contribution is 2.30. The van der Waals surface area contributed by atoms with Crippen molar-refractivity contribution in [3.8, 4) is 0 Å². The highest BCUT2D eigenvalue weighted by Gasteiger charge is 2.35. The normalized spacial score (nSPS) is 23.1. The van der Waals surface area contributed by atoms with Crippen molar-refractivity contribution in [1.29, 1.82) is 0 Å². The third-order valence-corrected chi connectivity index (χ3v) is 5.30. The number of likely N-dealkylation sites (tertiary alicyclic amines) is 1. The fourth-order valence-electron chi connectivity index (χ4n) is 2.96. The molecule has 2 aromatic rings. The van der Waals surface area contributed by atoms with Gasteiger partial charge in [0, 0.05) is 31.0 Å². The first-order chi connectivity index (χ1) is 10.1. The van der Waals surface area contributed by atoms with Gasteiger partial charge in [-0.1, -0.05) is 12.1 Å². The summed E-state index contributed by atoms with van der Waals surface area (Å²) in [4.78, 5) is 2.35. The molecule has 0 N–H and O–H groups in total. The summed E-state index contributed by atoms with van der Waals surface area (Å²) < 4.78 is 30.1. The van der Waals surface area contributed by atoms with E-state index in [2.05, 4.69) is 9.50 Å². The summed E-state index contributed by atoms with van der Waals surface area (Å²) in [7, 11) is -3.54. The first-order valence-electron chi connectivity index (χ1n) is 6.83. The molecule has 2 aliphatic heterocycles. The van der Waals surface area contributed by atoms with Crippen LogP contribution in [-0.2, 0) is 10.0 Å². The predicted octanol–water partition coefficient (Wildman–Crippen LogP) is 1.28. The highest BCUT2D eigenvalue weighted by atomic mass is 32.2. The van der Waals surface area contributed by atoms with Gasteiger partial charge in [-0.2, -0.15) is 13.5 Å². The molecule has 1 fully saturated rings. The van der Waals surface area contributed by atoms with Crippen LogP contribution in [0.15, 0.2) is 52.0 Å². The van der Waals surface area contributed by atoms with Crippen molar-refractivity contribution in [2.75, 3.05) is 13.1 Å². The molecular weight excluding hydrogens is 288 g/mol. The van der Waals surface area contributed by atoms with Crippen molar-refractivity contribution in [3.05, 3.63) is 48.3 Å². The minimum atomic E-state index is -3.54. The number of fused-ring (bicyclic) bond motifs is 1. The van der Waals surface area contributed by atoms with Gasteiger partial charge in [0.15, 0.2) is 5.84 Å². The summed E-state index contributed by atoms with van der Waals surface area (Å²) in [5.74, 6) is 0.570. The van der Waals surface area contributed by atoms with Crippen LogP contribution < -0.4 is 0 Å². The Hall–Kier alpha value is -2.15. The van der Waals surface area contributed by atoms with E-state index in [1.807, 2.05) is 34.0 Å². The molecule has 3 heterocycles. The Morgan fingerprint density at radius 3 is 2.86 bits per heavy atom. The second kappa shape index (κ2) is 4.42. The van der Waals surface area contributed by atoms with Gasteiger partial charge in [0.05, 0.1) is 6.04 Å². The Balaban J connectivity index is 1.67. The van der Waals surface area contributed by atoms with Gasteiger partial charge in [0.2, 0.25) is 0 Å². The minimum Gasteiger partial charge on any atom is -0.353 e. The van der Waals surface area contributed by atoms with Gasteiger partial charge in [0.25, 0.3) is 10.0 Å². The van der Waals surface area contributed by atoms with Crippen LogP contribution >= 0.6 is 0 Å². The molecule has 0 bridgehead atoms. The molecule has 21 heavy (non-hydrogen) atoms. The molecule has 0 spiro atoms. The average Bonchev–Trinajstić information content (AvgIpc) is 3.18. The van der Waals surface area contributed by atoms with Crippen molar-refractivity contribution in [1.82, 2.24) is 14.7 Å². The number of amidine groups is 1. The van der Waals surface area contributed by atoms with E-state index in [4.69, 9.17) is 0 Å². The third-order valence-electron chi connectivity index (χ3n) is 3.97. The second-order valence-corrected chi connectivity index (χ2v) is 6.83. The van der Waals surface area contributed by atoms with E-state index < -0.39 is 10.0 Å². The Labute approximate surface area is 122 Å². The molecule has 2 aliphatic rings. The zero-order chi connectivity index (χ0) is 14.4. The number of hydrogen-bond donors (Lipinski definition) is 0. The standard InChI is InChI=1S/C14H14N4O2S/c19-21(20)13-5-2-1-4-12(13)14(16-21)17-9-6-11(10-17)18-8-3-7-15-18/h1-5,7-8,11H,6,9-10H2. The molecule has 4 rings (SSSR count). The highest BCUT2D eigenvalue weighted by molar-refractivity contribution is 7.90. The van der Waals surface area contributed by atoms with Crippen LogP contribution in [0.4, 0.5) is 0 Å². The predicted molar refractivity (Wildman–Crippen MR) is 77.6 cm³/mol. The summed E-state index contributed by atoms with van der Waals surface area (Å²) >= 11 is 0. The van der Waals surface area contributed by atoms with Gasteiger partial charge in [-0.05, 0) is 24.6 Å². The van der Waals surface area contributed by atoms with Crippen molar-refractivity contribution < 1.29 is 8.42 Å². The van der Waals surface area contributed by atoms with Crippen LogP contribution in [0, 0.1) is 0 Å². The lowest BCUT2D eigenvalue weighted by atomic mass is 10.2. The molecule has 0 radical (unpaired) electrons. The molecule has 0 saturated carbocycles. The summed E-state index contributed by atoms with van der Waals surface area (Å²) in [6.07, 6.45) is 4.63. The minimum absolute atomic E-state index is 0.262. The van der Waals surface area contributed by atoms with Gasteiger partial charge in [-0.15, -0.1) is 4.40 Å².